The number of sulfonamides is 1. The third kappa shape index (κ3) is 7.72. The van der Waals surface area contributed by atoms with E-state index in [1.165, 1.54) is 4.90 Å². The molecule has 0 unspecified atom stereocenters. The Morgan fingerprint density at radius 3 is 2.64 bits per heavy atom. The van der Waals surface area contributed by atoms with Gasteiger partial charge in [-0.3, -0.25) is 23.9 Å². The second-order valence-electron chi connectivity index (χ2n) is 15.7. The number of fused-ring (bicyclic) bond motifs is 3. The number of allylic oxidation sites excluding steroid dienone is 2. The predicted molar refractivity (Wildman–Crippen MR) is 197 cm³/mol. The molecule has 2 amide bonds. The summed E-state index contributed by atoms with van der Waals surface area (Å²) in [4.78, 5) is 62.2. The van der Waals surface area contributed by atoms with E-state index < -0.39 is 50.6 Å². The smallest absolute Gasteiger partial charge is 0.306 e. The lowest BCUT2D eigenvalue weighted by Crippen LogP contribution is -2.47. The van der Waals surface area contributed by atoms with E-state index in [0.717, 1.165) is 42.0 Å². The lowest BCUT2D eigenvalue weighted by molar-refractivity contribution is -0.152. The number of methoxy groups -OCH3 is 1. The fraction of sp³-hybridized carbons (Fsp3) is 0.575. The first-order chi connectivity index (χ1) is 25.4. The molecule has 3 aliphatic carbocycles. The van der Waals surface area contributed by atoms with E-state index in [0.29, 0.717) is 30.9 Å². The monoisotopic (exact) mass is 747 g/mol. The molecule has 2 aliphatic heterocycles. The lowest BCUT2D eigenvalue weighted by atomic mass is 9.86. The quantitative estimate of drug-likeness (QED) is 0.269. The minimum Gasteiger partial charge on any atom is -0.496 e. The van der Waals surface area contributed by atoms with Crippen molar-refractivity contribution in [2.75, 3.05) is 20.3 Å². The van der Waals surface area contributed by atoms with Crippen LogP contribution in [-0.4, -0.2) is 79.5 Å². The molecule has 6 atom stereocenters. The van der Waals surface area contributed by atoms with Crippen LogP contribution in [0.5, 0.6) is 11.6 Å². The van der Waals surface area contributed by atoms with E-state index in [-0.39, 0.29) is 68.3 Å². The van der Waals surface area contributed by atoms with Crippen LogP contribution in [0.2, 0.25) is 0 Å². The number of carbonyl (C=O) groups is 4. The van der Waals surface area contributed by atoms with Gasteiger partial charge in [0.1, 0.15) is 11.9 Å². The highest BCUT2D eigenvalue weighted by atomic mass is 32.2. The number of benzene rings is 1. The van der Waals surface area contributed by atoms with Crippen molar-refractivity contribution < 1.29 is 41.8 Å². The summed E-state index contributed by atoms with van der Waals surface area (Å²) >= 11 is 0. The number of pyridine rings is 1. The van der Waals surface area contributed by atoms with Crippen LogP contribution in [-0.2, 0) is 33.9 Å². The molecule has 12 nitrogen and oxygen atoms in total. The van der Waals surface area contributed by atoms with Crippen LogP contribution in [0.15, 0.2) is 43.1 Å². The second-order valence-corrected chi connectivity index (χ2v) is 17.7. The van der Waals surface area contributed by atoms with Gasteiger partial charge in [0.15, 0.2) is 5.78 Å². The standard InChI is InChI=1S/C40H49N3O9S/c1-4-28-20-40(28,39(47)42-53(48,49)30-12-13-30)21-34(44)33-18-29-22-43(33)38(46)32(25-9-5-6-10-25)19-36(45)51-23-24(2)8-7-11-27-16-31-26(17-35(27)50-3)14-15-41-37(31)52-29/h4,7,11,14-17,24-25,28-30,32-33H,1,5-6,8-10,12-13,18-23H2,2-3H3,(H,42,47)/b11-7+/t24-,28+,29+,32-,33-,40+/m0/s1. The number of Topliss-reactive ketones (excluding diaryl/α,β-unsaturated/α-hetero) is 1. The van der Waals surface area contributed by atoms with E-state index in [9.17, 15) is 27.6 Å². The molecule has 4 fully saturated rings. The summed E-state index contributed by atoms with van der Waals surface area (Å²) in [6.45, 7) is 6.10. The average molecular weight is 748 g/mol. The first kappa shape index (κ1) is 37.1. The van der Waals surface area contributed by atoms with E-state index in [2.05, 4.69) is 16.3 Å². The second kappa shape index (κ2) is 14.9. The van der Waals surface area contributed by atoms with Gasteiger partial charge >= 0.3 is 5.97 Å². The van der Waals surface area contributed by atoms with Gasteiger partial charge in [-0.1, -0.05) is 38.0 Å². The molecule has 284 valence electrons. The topological polar surface area (TPSA) is 158 Å². The molecular weight excluding hydrogens is 699 g/mol. The van der Waals surface area contributed by atoms with Gasteiger partial charge in [-0.2, -0.15) is 0 Å². The molecule has 1 aromatic heterocycles. The summed E-state index contributed by atoms with van der Waals surface area (Å²) in [6.07, 6.45) is 11.8. The summed E-state index contributed by atoms with van der Waals surface area (Å²) in [6, 6.07) is 4.76. The maximum absolute atomic E-state index is 14.7. The summed E-state index contributed by atoms with van der Waals surface area (Å²) < 4.78 is 45.7. The van der Waals surface area contributed by atoms with Crippen LogP contribution in [0, 0.1) is 29.1 Å². The van der Waals surface area contributed by atoms with Crippen molar-refractivity contribution in [2.45, 2.75) is 94.9 Å². The average Bonchev–Trinajstić information content (AvgIpc) is 4.01. The number of cyclic esters (lactones) is 1. The van der Waals surface area contributed by atoms with Crippen LogP contribution in [0.4, 0.5) is 0 Å². The summed E-state index contributed by atoms with van der Waals surface area (Å²) in [5.74, 6) is -1.88. The molecule has 3 heterocycles. The minimum atomic E-state index is -3.84. The molecular formula is C40H49N3O9S. The van der Waals surface area contributed by atoms with Crippen molar-refractivity contribution in [1.82, 2.24) is 14.6 Å². The van der Waals surface area contributed by atoms with Crippen molar-refractivity contribution in [3.05, 3.63) is 48.7 Å². The van der Waals surface area contributed by atoms with Crippen molar-refractivity contribution in [1.29, 1.82) is 0 Å². The minimum absolute atomic E-state index is 0.0219. The normalized spacial score (nSPS) is 30.2. The first-order valence-electron chi connectivity index (χ1n) is 18.9. The number of hydrogen-bond donors (Lipinski definition) is 1. The van der Waals surface area contributed by atoms with Crippen molar-refractivity contribution >= 4 is 50.4 Å². The Hall–Kier alpha value is -4.26. The molecule has 4 bridgehead atoms. The number of esters is 1. The number of rotatable bonds is 9. The number of nitrogens with zero attached hydrogens (tertiary/aromatic N) is 2. The van der Waals surface area contributed by atoms with Gasteiger partial charge in [-0.15, -0.1) is 6.58 Å². The van der Waals surface area contributed by atoms with Crippen LogP contribution < -0.4 is 14.2 Å². The number of nitrogens with one attached hydrogen (secondary N) is 1. The Kier molecular flexibility index (Phi) is 10.4. The SMILES string of the molecule is C=C[C@@H]1C[C@]1(CC(=O)[C@@H]1C[C@@H]2CN1C(=O)[C@H](C1CCCC1)CC(=O)OC[C@@H](C)C/C=C/c1cc3c(nccc3cc1OC)O2)C(=O)NS(=O)(=O)C1CC1. The molecule has 53 heavy (non-hydrogen) atoms. The van der Waals surface area contributed by atoms with Gasteiger partial charge in [-0.05, 0) is 79.9 Å². The van der Waals surface area contributed by atoms with Gasteiger partial charge in [-0.25, -0.2) is 13.4 Å². The summed E-state index contributed by atoms with van der Waals surface area (Å²) in [5.41, 5.74) is -0.459. The molecule has 0 radical (unpaired) electrons. The van der Waals surface area contributed by atoms with Crippen LogP contribution in [0.3, 0.4) is 0 Å². The zero-order valence-corrected chi connectivity index (χ0v) is 31.3. The summed E-state index contributed by atoms with van der Waals surface area (Å²) in [7, 11) is -2.23. The number of aromatic nitrogens is 1. The van der Waals surface area contributed by atoms with Crippen LogP contribution >= 0.6 is 0 Å². The molecule has 3 saturated carbocycles. The van der Waals surface area contributed by atoms with E-state index >= 15 is 0 Å². The Morgan fingerprint density at radius 1 is 1.17 bits per heavy atom. The largest absolute Gasteiger partial charge is 0.496 e. The number of carbonyl (C=O) groups excluding carboxylic acids is 4. The highest BCUT2D eigenvalue weighted by Crippen LogP contribution is 2.57. The third-order valence-corrected chi connectivity index (χ3v) is 13.7. The molecule has 2 aromatic rings. The molecule has 1 aromatic carbocycles. The third-order valence-electron chi connectivity index (χ3n) is 11.9. The van der Waals surface area contributed by atoms with Gasteiger partial charge < -0.3 is 19.1 Å². The zero-order chi connectivity index (χ0) is 37.5. The lowest BCUT2D eigenvalue weighted by Gasteiger charge is -2.31. The number of amides is 2. The van der Waals surface area contributed by atoms with Crippen molar-refractivity contribution in [3.63, 3.8) is 0 Å². The molecule has 13 heteroatoms. The van der Waals surface area contributed by atoms with Crippen molar-refractivity contribution in [3.8, 4) is 11.6 Å². The molecule has 1 saturated heterocycles. The predicted octanol–water partition coefficient (Wildman–Crippen LogP) is 5.14. The maximum Gasteiger partial charge on any atom is 0.306 e. The fourth-order valence-corrected chi connectivity index (χ4v) is 9.87. The van der Waals surface area contributed by atoms with Crippen LogP contribution in [0.25, 0.3) is 16.8 Å². The zero-order valence-electron chi connectivity index (χ0n) is 30.5. The molecule has 5 aliphatic rings. The number of ether oxygens (including phenoxy) is 3. The summed E-state index contributed by atoms with van der Waals surface area (Å²) in [5, 5.41) is 0.987. The first-order valence-corrected chi connectivity index (χ1v) is 20.4. The van der Waals surface area contributed by atoms with Gasteiger partial charge in [0.2, 0.25) is 27.7 Å². The Bertz CT molecular complexity index is 1940. The van der Waals surface area contributed by atoms with E-state index in [4.69, 9.17) is 14.2 Å². The number of ketones is 1. The molecule has 1 N–H and O–H groups in total. The highest BCUT2D eigenvalue weighted by Gasteiger charge is 2.61. The van der Waals surface area contributed by atoms with E-state index in [1.807, 2.05) is 37.3 Å². The Labute approximate surface area is 310 Å². The van der Waals surface area contributed by atoms with Crippen molar-refractivity contribution in [2.24, 2.45) is 29.1 Å². The van der Waals surface area contributed by atoms with Gasteiger partial charge in [0, 0.05) is 30.0 Å². The van der Waals surface area contributed by atoms with E-state index in [1.54, 1.807) is 19.4 Å². The molecule has 0 spiro atoms. The van der Waals surface area contributed by atoms with Gasteiger partial charge in [0.25, 0.3) is 0 Å². The Balaban J connectivity index is 1.23. The Morgan fingerprint density at radius 2 is 1.94 bits per heavy atom. The van der Waals surface area contributed by atoms with Crippen LogP contribution in [0.1, 0.15) is 83.1 Å². The molecule has 7 rings (SSSR count). The fourth-order valence-electron chi connectivity index (χ4n) is 8.49. The maximum atomic E-state index is 14.7. The highest BCUT2D eigenvalue weighted by molar-refractivity contribution is 7.90. The number of hydrogen-bond acceptors (Lipinski definition) is 10. The van der Waals surface area contributed by atoms with Gasteiger partial charge in [0.05, 0.1) is 49.3 Å².